The van der Waals surface area contributed by atoms with E-state index in [-0.39, 0.29) is 18.9 Å². The van der Waals surface area contributed by atoms with Gasteiger partial charge in [-0.2, -0.15) is 0 Å². The lowest BCUT2D eigenvalue weighted by atomic mass is 10.0. The average Bonchev–Trinajstić information content (AvgIpc) is 2.51. The van der Waals surface area contributed by atoms with Crippen LogP contribution >= 0.6 is 0 Å². The molecule has 0 aliphatic carbocycles. The van der Waals surface area contributed by atoms with Crippen molar-refractivity contribution in [3.05, 3.63) is 29.8 Å². The topological polar surface area (TPSA) is 105 Å². The first kappa shape index (κ1) is 16.8. The van der Waals surface area contributed by atoms with Gasteiger partial charge in [0.05, 0.1) is 0 Å². The fourth-order valence-electron chi connectivity index (χ4n) is 2.32. The van der Waals surface area contributed by atoms with Crippen LogP contribution in [0.2, 0.25) is 0 Å². The van der Waals surface area contributed by atoms with E-state index in [9.17, 15) is 19.5 Å². The van der Waals surface area contributed by atoms with Gasteiger partial charge < -0.3 is 20.5 Å². The number of hydrogen-bond acceptors (Lipinski definition) is 4. The summed E-state index contributed by atoms with van der Waals surface area (Å²) in [6.07, 6.45) is 0.153. The molecule has 0 aromatic heterocycles. The Kier molecular flexibility index (Phi) is 5.20. The fraction of sp³-hybridized carbons (Fsp3) is 0.438. The summed E-state index contributed by atoms with van der Waals surface area (Å²) in [6.45, 7) is 3.34. The van der Waals surface area contributed by atoms with E-state index in [1.54, 1.807) is 38.1 Å². The smallest absolute Gasteiger partial charge is 0.326 e. The van der Waals surface area contributed by atoms with Crippen LogP contribution in [0.5, 0.6) is 5.75 Å². The highest BCUT2D eigenvalue weighted by Crippen LogP contribution is 2.14. The predicted octanol–water partition coefficient (Wildman–Crippen LogP) is 0.332. The van der Waals surface area contributed by atoms with E-state index >= 15 is 0 Å². The summed E-state index contributed by atoms with van der Waals surface area (Å²) in [7, 11) is 0. The van der Waals surface area contributed by atoms with Crippen molar-refractivity contribution in [1.82, 2.24) is 10.6 Å². The molecule has 3 N–H and O–H groups in total. The van der Waals surface area contributed by atoms with Crippen molar-refractivity contribution in [2.24, 2.45) is 5.92 Å². The largest absolute Gasteiger partial charge is 0.484 e. The van der Waals surface area contributed by atoms with Crippen LogP contribution in [0.25, 0.3) is 0 Å². The van der Waals surface area contributed by atoms with Gasteiger partial charge in [-0.15, -0.1) is 0 Å². The minimum absolute atomic E-state index is 0.153. The van der Waals surface area contributed by atoms with Gasteiger partial charge in [-0.3, -0.25) is 9.59 Å². The van der Waals surface area contributed by atoms with Crippen LogP contribution in [0.1, 0.15) is 19.4 Å². The number of nitrogens with one attached hydrogen (secondary N) is 2. The molecule has 1 unspecified atom stereocenters. The van der Waals surface area contributed by atoms with Gasteiger partial charge >= 0.3 is 5.97 Å². The summed E-state index contributed by atoms with van der Waals surface area (Å²) in [5, 5.41) is 14.4. The van der Waals surface area contributed by atoms with E-state index in [4.69, 9.17) is 4.74 Å². The predicted molar refractivity (Wildman–Crippen MR) is 82.0 cm³/mol. The van der Waals surface area contributed by atoms with Gasteiger partial charge in [0.2, 0.25) is 5.91 Å². The summed E-state index contributed by atoms with van der Waals surface area (Å²) in [5.74, 6) is -1.76. The second-order valence-electron chi connectivity index (χ2n) is 5.83. The number of carboxylic acid groups (broad SMARTS) is 1. The molecule has 7 heteroatoms. The van der Waals surface area contributed by atoms with Crippen LogP contribution < -0.4 is 15.4 Å². The van der Waals surface area contributed by atoms with Crippen LogP contribution in [0, 0.1) is 5.92 Å². The maximum atomic E-state index is 12.3. The molecule has 0 radical (unpaired) electrons. The molecule has 2 heterocycles. The number of rotatable bonds is 2. The van der Waals surface area contributed by atoms with Crippen molar-refractivity contribution in [3.63, 3.8) is 0 Å². The number of aliphatic carboxylic acids is 1. The summed E-state index contributed by atoms with van der Waals surface area (Å²) in [6, 6.07) is 4.89. The number of carbonyl (C=O) groups excluding carboxylic acids is 2. The lowest BCUT2D eigenvalue weighted by Crippen LogP contribution is -2.54. The van der Waals surface area contributed by atoms with E-state index in [1.165, 1.54) is 0 Å². The number of hydrogen-bond donors (Lipinski definition) is 3. The molecular formula is C16H20N2O5. The molecule has 0 fully saturated rings. The molecule has 2 atom stereocenters. The Hall–Kier alpha value is -2.57. The Balaban J connectivity index is 2.30. The molecule has 2 bridgehead atoms. The molecule has 3 rings (SSSR count). The molecule has 2 aliphatic heterocycles. The van der Waals surface area contributed by atoms with E-state index in [0.29, 0.717) is 5.75 Å². The molecule has 2 aliphatic rings. The zero-order valence-corrected chi connectivity index (χ0v) is 13.0. The van der Waals surface area contributed by atoms with Crippen molar-refractivity contribution in [2.45, 2.75) is 32.4 Å². The Morgan fingerprint density at radius 2 is 1.87 bits per heavy atom. The standard InChI is InChI=1S/C16H20N2O5/c1-9(2)14-15(20)17-12(16(21)22)7-10-3-5-11(6-4-10)23-8-13(19)18-14/h3-6,9,12,14H,7-8H2,1-2H3,(H,17,20)(H,18,19)(H,21,22)/t12?,14-/m0/s1. The summed E-state index contributed by atoms with van der Waals surface area (Å²) in [4.78, 5) is 35.7. The van der Waals surface area contributed by atoms with Gasteiger partial charge in [0, 0.05) is 6.42 Å². The van der Waals surface area contributed by atoms with Gasteiger partial charge in [-0.25, -0.2) is 4.79 Å². The monoisotopic (exact) mass is 320 g/mol. The number of benzene rings is 1. The normalized spacial score (nSPS) is 22.2. The summed E-state index contributed by atoms with van der Waals surface area (Å²) >= 11 is 0. The zero-order valence-electron chi connectivity index (χ0n) is 13.0. The minimum Gasteiger partial charge on any atom is -0.484 e. The van der Waals surface area contributed by atoms with Crippen molar-refractivity contribution in [1.29, 1.82) is 0 Å². The molecule has 1 aromatic rings. The molecule has 2 amide bonds. The second kappa shape index (κ2) is 7.13. The van der Waals surface area contributed by atoms with Gasteiger partial charge in [-0.05, 0) is 23.6 Å². The third-order valence-electron chi connectivity index (χ3n) is 3.61. The lowest BCUT2D eigenvalue weighted by Gasteiger charge is -2.23. The highest BCUT2D eigenvalue weighted by atomic mass is 16.5. The molecule has 0 saturated carbocycles. The van der Waals surface area contributed by atoms with Crippen LogP contribution in [0.4, 0.5) is 0 Å². The highest BCUT2D eigenvalue weighted by molar-refractivity contribution is 5.91. The van der Waals surface area contributed by atoms with Crippen LogP contribution in [-0.2, 0) is 20.8 Å². The molecule has 23 heavy (non-hydrogen) atoms. The van der Waals surface area contributed by atoms with E-state index in [0.717, 1.165) is 5.56 Å². The molecule has 7 nitrogen and oxygen atoms in total. The first-order chi connectivity index (χ1) is 10.9. The van der Waals surface area contributed by atoms with Gasteiger partial charge in [0.1, 0.15) is 17.8 Å². The molecule has 0 spiro atoms. The van der Waals surface area contributed by atoms with Gasteiger partial charge in [0.15, 0.2) is 6.61 Å². The van der Waals surface area contributed by atoms with Gasteiger partial charge in [0.25, 0.3) is 5.91 Å². The maximum Gasteiger partial charge on any atom is 0.326 e. The molecule has 1 aromatic carbocycles. The van der Waals surface area contributed by atoms with Crippen LogP contribution in [0.3, 0.4) is 0 Å². The highest BCUT2D eigenvalue weighted by Gasteiger charge is 2.29. The molecule has 0 saturated heterocycles. The Labute approximate surface area is 134 Å². The Morgan fingerprint density at radius 1 is 1.22 bits per heavy atom. The Morgan fingerprint density at radius 3 is 2.43 bits per heavy atom. The van der Waals surface area contributed by atoms with Crippen LogP contribution in [0.15, 0.2) is 24.3 Å². The first-order valence-corrected chi connectivity index (χ1v) is 7.41. The quantitative estimate of drug-likeness (QED) is 0.681. The van der Waals surface area contributed by atoms with Crippen molar-refractivity contribution in [2.75, 3.05) is 6.61 Å². The first-order valence-electron chi connectivity index (χ1n) is 7.41. The second-order valence-corrected chi connectivity index (χ2v) is 5.83. The third kappa shape index (κ3) is 4.45. The average molecular weight is 320 g/mol. The fourth-order valence-corrected chi connectivity index (χ4v) is 2.32. The van der Waals surface area contributed by atoms with Crippen molar-refractivity contribution >= 4 is 17.8 Å². The minimum atomic E-state index is -1.12. The van der Waals surface area contributed by atoms with Gasteiger partial charge in [-0.1, -0.05) is 26.0 Å². The van der Waals surface area contributed by atoms with Crippen molar-refractivity contribution in [3.8, 4) is 5.75 Å². The van der Waals surface area contributed by atoms with E-state index < -0.39 is 29.9 Å². The molecular weight excluding hydrogens is 300 g/mol. The SMILES string of the molecule is CC(C)[C@@H]1NC(=O)COc2ccc(cc2)CC(C(=O)O)NC1=O. The molecule has 124 valence electrons. The van der Waals surface area contributed by atoms with E-state index in [2.05, 4.69) is 10.6 Å². The number of carboxylic acids is 1. The van der Waals surface area contributed by atoms with Crippen LogP contribution in [-0.4, -0.2) is 41.6 Å². The Bertz CT molecular complexity index is 597. The number of fused-ring (bicyclic) bond motifs is 10. The number of carbonyl (C=O) groups is 3. The maximum absolute atomic E-state index is 12.3. The summed E-state index contributed by atoms with van der Waals surface area (Å²) in [5.41, 5.74) is 0.754. The third-order valence-corrected chi connectivity index (χ3v) is 3.61. The zero-order chi connectivity index (χ0) is 17.0. The van der Waals surface area contributed by atoms with Crippen molar-refractivity contribution < 1.29 is 24.2 Å². The lowest BCUT2D eigenvalue weighted by molar-refractivity contribution is -0.142. The number of amides is 2. The number of ether oxygens (including phenoxy) is 1. The van der Waals surface area contributed by atoms with E-state index in [1.807, 2.05) is 0 Å². The summed E-state index contributed by atoms with van der Waals surface area (Å²) < 4.78 is 5.36.